The quantitative estimate of drug-likeness (QED) is 0.611. The van der Waals surface area contributed by atoms with E-state index in [1.54, 1.807) is 30.3 Å². The third-order valence-corrected chi connectivity index (χ3v) is 4.55. The van der Waals surface area contributed by atoms with Gasteiger partial charge in [0.2, 0.25) is 17.7 Å². The number of imide groups is 1. The zero-order valence-corrected chi connectivity index (χ0v) is 13.1. The van der Waals surface area contributed by atoms with Gasteiger partial charge in [-0.2, -0.15) is 0 Å². The van der Waals surface area contributed by atoms with Gasteiger partial charge in [0.15, 0.2) is 0 Å². The molecule has 0 radical (unpaired) electrons. The number of amides is 3. The van der Waals surface area contributed by atoms with Crippen LogP contribution in [0.4, 0.5) is 0 Å². The van der Waals surface area contributed by atoms with Gasteiger partial charge in [-0.15, -0.1) is 0 Å². The Labute approximate surface area is 134 Å². The first kappa shape index (κ1) is 15.5. The minimum Gasteiger partial charge on any atom is -0.467 e. The van der Waals surface area contributed by atoms with Crippen LogP contribution in [0.5, 0.6) is 0 Å². The van der Waals surface area contributed by atoms with Crippen LogP contribution in [-0.4, -0.2) is 41.1 Å². The maximum Gasteiger partial charge on any atom is 0.233 e. The van der Waals surface area contributed by atoms with E-state index < -0.39 is 0 Å². The first-order chi connectivity index (χ1) is 11.1. The SMILES string of the molecule is CN(Cc1ccco1)C(=O)CCN1C(=O)[C@@H]2CC=CC[C@H]2C1=O. The van der Waals surface area contributed by atoms with Crippen LogP contribution >= 0.6 is 0 Å². The summed E-state index contributed by atoms with van der Waals surface area (Å²) < 4.78 is 5.21. The highest BCUT2D eigenvalue weighted by Crippen LogP contribution is 2.35. The van der Waals surface area contributed by atoms with E-state index in [9.17, 15) is 14.4 Å². The molecule has 0 saturated carbocycles. The molecule has 0 unspecified atom stereocenters. The Bertz CT molecular complexity index is 609. The molecule has 1 aliphatic heterocycles. The fraction of sp³-hybridized carbons (Fsp3) is 0.471. The van der Waals surface area contributed by atoms with E-state index in [1.807, 2.05) is 12.2 Å². The summed E-state index contributed by atoms with van der Waals surface area (Å²) in [5.41, 5.74) is 0. The first-order valence-electron chi connectivity index (χ1n) is 7.84. The number of carbonyl (C=O) groups is 3. The van der Waals surface area contributed by atoms with E-state index in [4.69, 9.17) is 4.42 Å². The predicted molar refractivity (Wildman–Crippen MR) is 81.9 cm³/mol. The maximum atomic E-state index is 12.3. The Morgan fingerprint density at radius 3 is 2.48 bits per heavy atom. The highest BCUT2D eigenvalue weighted by molar-refractivity contribution is 6.05. The van der Waals surface area contributed by atoms with Crippen molar-refractivity contribution in [1.29, 1.82) is 0 Å². The molecule has 6 nitrogen and oxygen atoms in total. The van der Waals surface area contributed by atoms with Crippen LogP contribution in [0.15, 0.2) is 35.0 Å². The van der Waals surface area contributed by atoms with Crippen molar-refractivity contribution in [1.82, 2.24) is 9.80 Å². The summed E-state index contributed by atoms with van der Waals surface area (Å²) in [4.78, 5) is 39.6. The summed E-state index contributed by atoms with van der Waals surface area (Å²) in [6.07, 6.45) is 6.86. The van der Waals surface area contributed by atoms with Crippen molar-refractivity contribution in [2.24, 2.45) is 11.8 Å². The van der Waals surface area contributed by atoms with Gasteiger partial charge in [0.25, 0.3) is 0 Å². The molecule has 23 heavy (non-hydrogen) atoms. The molecule has 0 bridgehead atoms. The molecule has 1 saturated heterocycles. The molecule has 1 aromatic heterocycles. The topological polar surface area (TPSA) is 70.8 Å². The average molecular weight is 316 g/mol. The van der Waals surface area contributed by atoms with Crippen molar-refractivity contribution < 1.29 is 18.8 Å². The zero-order chi connectivity index (χ0) is 16.4. The second-order valence-corrected chi connectivity index (χ2v) is 6.06. The van der Waals surface area contributed by atoms with Crippen molar-refractivity contribution in [2.45, 2.75) is 25.8 Å². The van der Waals surface area contributed by atoms with Crippen LogP contribution in [0.3, 0.4) is 0 Å². The molecule has 1 fully saturated rings. The number of carbonyl (C=O) groups excluding carboxylic acids is 3. The Kier molecular flexibility index (Phi) is 4.32. The van der Waals surface area contributed by atoms with E-state index in [-0.39, 0.29) is 42.5 Å². The minimum atomic E-state index is -0.233. The summed E-state index contributed by atoms with van der Waals surface area (Å²) in [5.74, 6) is -0.148. The van der Waals surface area contributed by atoms with Crippen LogP contribution in [0.1, 0.15) is 25.0 Å². The molecule has 6 heteroatoms. The third-order valence-electron chi connectivity index (χ3n) is 4.55. The van der Waals surface area contributed by atoms with Gasteiger partial charge in [-0.25, -0.2) is 0 Å². The van der Waals surface area contributed by atoms with Crippen molar-refractivity contribution in [3.63, 3.8) is 0 Å². The summed E-state index contributed by atoms with van der Waals surface area (Å²) in [5, 5.41) is 0. The highest BCUT2D eigenvalue weighted by atomic mass is 16.3. The van der Waals surface area contributed by atoms with E-state index in [2.05, 4.69) is 0 Å². The number of nitrogens with zero attached hydrogens (tertiary/aromatic N) is 2. The molecule has 2 aliphatic rings. The number of likely N-dealkylation sites (tertiary alicyclic amines) is 1. The Balaban J connectivity index is 1.54. The summed E-state index contributed by atoms with van der Waals surface area (Å²) in [6, 6.07) is 3.57. The molecule has 2 heterocycles. The first-order valence-corrected chi connectivity index (χ1v) is 7.84. The van der Waals surface area contributed by atoms with Crippen molar-refractivity contribution in [2.75, 3.05) is 13.6 Å². The Hall–Kier alpha value is -2.37. The lowest BCUT2D eigenvalue weighted by Crippen LogP contribution is -2.36. The average Bonchev–Trinajstić information content (AvgIpc) is 3.14. The number of hydrogen-bond donors (Lipinski definition) is 0. The Morgan fingerprint density at radius 2 is 1.91 bits per heavy atom. The van der Waals surface area contributed by atoms with Crippen molar-refractivity contribution >= 4 is 17.7 Å². The van der Waals surface area contributed by atoms with Gasteiger partial charge in [0.05, 0.1) is 24.6 Å². The second kappa shape index (κ2) is 6.40. The lowest BCUT2D eigenvalue weighted by atomic mass is 9.85. The summed E-state index contributed by atoms with van der Waals surface area (Å²) in [7, 11) is 1.68. The molecule has 1 aromatic rings. The molecule has 0 N–H and O–H groups in total. The van der Waals surface area contributed by atoms with Gasteiger partial charge in [0, 0.05) is 20.0 Å². The molecule has 1 aliphatic carbocycles. The second-order valence-electron chi connectivity index (χ2n) is 6.06. The van der Waals surface area contributed by atoms with Crippen molar-refractivity contribution in [3.8, 4) is 0 Å². The van der Waals surface area contributed by atoms with Gasteiger partial charge >= 0.3 is 0 Å². The molecule has 0 spiro atoms. The predicted octanol–water partition coefficient (Wildman–Crippen LogP) is 1.58. The van der Waals surface area contributed by atoms with Crippen LogP contribution in [0.2, 0.25) is 0 Å². The lowest BCUT2D eigenvalue weighted by Gasteiger charge is -2.18. The molecule has 0 aromatic carbocycles. The molecular weight excluding hydrogens is 296 g/mol. The minimum absolute atomic E-state index is 0.116. The Morgan fingerprint density at radius 1 is 1.26 bits per heavy atom. The van der Waals surface area contributed by atoms with Crippen molar-refractivity contribution in [3.05, 3.63) is 36.3 Å². The van der Waals surface area contributed by atoms with Gasteiger partial charge in [-0.3, -0.25) is 19.3 Å². The number of hydrogen-bond acceptors (Lipinski definition) is 4. The fourth-order valence-corrected chi connectivity index (χ4v) is 3.21. The van der Waals surface area contributed by atoms with Gasteiger partial charge in [0.1, 0.15) is 5.76 Å². The normalized spacial score (nSPS) is 23.3. The van der Waals surface area contributed by atoms with Crippen LogP contribution in [0.25, 0.3) is 0 Å². The molecule has 122 valence electrons. The standard InChI is InChI=1S/C17H20N2O4/c1-18(11-12-5-4-10-23-12)15(20)8-9-19-16(21)13-6-2-3-7-14(13)17(19)22/h2-5,10,13-14H,6-9,11H2,1H3/t13-,14-/m1/s1. The fourth-order valence-electron chi connectivity index (χ4n) is 3.21. The van der Waals surface area contributed by atoms with Crippen LogP contribution < -0.4 is 0 Å². The molecule has 2 atom stereocenters. The summed E-state index contributed by atoms with van der Waals surface area (Å²) in [6.45, 7) is 0.537. The number of allylic oxidation sites excluding steroid dienone is 2. The largest absolute Gasteiger partial charge is 0.467 e. The summed E-state index contributed by atoms with van der Waals surface area (Å²) >= 11 is 0. The van der Waals surface area contributed by atoms with Gasteiger partial charge in [-0.05, 0) is 25.0 Å². The zero-order valence-electron chi connectivity index (χ0n) is 13.1. The van der Waals surface area contributed by atoms with Gasteiger partial charge < -0.3 is 9.32 Å². The van der Waals surface area contributed by atoms with E-state index in [1.165, 1.54) is 4.90 Å². The molecular formula is C17H20N2O4. The van der Waals surface area contributed by atoms with E-state index in [0.29, 0.717) is 25.1 Å². The van der Waals surface area contributed by atoms with Gasteiger partial charge in [-0.1, -0.05) is 12.2 Å². The lowest BCUT2D eigenvalue weighted by molar-refractivity contribution is -0.140. The molecule has 3 rings (SSSR count). The van der Waals surface area contributed by atoms with E-state index >= 15 is 0 Å². The number of furan rings is 1. The number of rotatable bonds is 5. The van der Waals surface area contributed by atoms with E-state index in [0.717, 1.165) is 0 Å². The smallest absolute Gasteiger partial charge is 0.233 e. The number of fused-ring (bicyclic) bond motifs is 1. The highest BCUT2D eigenvalue weighted by Gasteiger charge is 2.46. The van der Waals surface area contributed by atoms with Crippen LogP contribution in [-0.2, 0) is 20.9 Å². The maximum absolute atomic E-state index is 12.3. The monoisotopic (exact) mass is 316 g/mol. The third kappa shape index (κ3) is 3.06. The molecule has 3 amide bonds. The van der Waals surface area contributed by atoms with Crippen LogP contribution in [0, 0.1) is 11.8 Å².